The Morgan fingerprint density at radius 3 is 1.09 bits per heavy atom. The first kappa shape index (κ1) is 36.3. The number of hydrogen-bond acceptors (Lipinski definition) is 3. The summed E-state index contributed by atoms with van der Waals surface area (Å²) >= 11 is 0. The molecule has 0 saturated heterocycles. The van der Waals surface area contributed by atoms with Gasteiger partial charge in [-0.05, 0) is 38.9 Å². The van der Waals surface area contributed by atoms with E-state index >= 15 is 0 Å². The van der Waals surface area contributed by atoms with E-state index in [-0.39, 0.29) is 18.1 Å². The summed E-state index contributed by atoms with van der Waals surface area (Å²) in [6.07, 6.45) is 7.96. The zero-order valence-electron chi connectivity index (χ0n) is 32.0. The molecule has 0 aliphatic heterocycles. The van der Waals surface area contributed by atoms with Crippen molar-refractivity contribution in [1.29, 1.82) is 0 Å². The van der Waals surface area contributed by atoms with Gasteiger partial charge < -0.3 is 9.13 Å². The first-order valence-corrected chi connectivity index (χ1v) is 19.7. The van der Waals surface area contributed by atoms with Gasteiger partial charge in [-0.15, -0.1) is 0 Å². The Morgan fingerprint density at radius 1 is 0.414 bits per heavy atom. The average molecular weight is 751 g/mol. The van der Waals surface area contributed by atoms with E-state index in [1.54, 1.807) is 6.33 Å². The molecule has 0 aliphatic rings. The number of hydrogen-bond donors (Lipinski definition) is 0. The second-order valence-corrected chi connectivity index (χ2v) is 14.6. The lowest BCUT2D eigenvalue weighted by Gasteiger charge is -2.37. The van der Waals surface area contributed by atoms with Gasteiger partial charge >= 0.3 is 0 Å². The summed E-state index contributed by atoms with van der Waals surface area (Å²) in [6.45, 7) is 0. The van der Waals surface area contributed by atoms with E-state index in [1.165, 1.54) is 0 Å². The van der Waals surface area contributed by atoms with Crippen LogP contribution < -0.4 is 0 Å². The van der Waals surface area contributed by atoms with Crippen molar-refractivity contribution in [3.63, 3.8) is 0 Å². The van der Waals surface area contributed by atoms with Crippen LogP contribution in [0.2, 0.25) is 0 Å². The van der Waals surface area contributed by atoms with Crippen molar-refractivity contribution in [3.8, 4) is 0 Å². The van der Waals surface area contributed by atoms with Gasteiger partial charge in [0, 0.05) is 24.7 Å². The fraction of sp³-hybridized carbons (Fsp3) is 0.0755. The Bertz CT molecular complexity index is 2500. The maximum Gasteiger partial charge on any atom is 0.183 e. The lowest BCUT2D eigenvalue weighted by Crippen LogP contribution is -2.37. The highest BCUT2D eigenvalue weighted by atomic mass is 16.1. The van der Waals surface area contributed by atoms with Gasteiger partial charge in [0.05, 0.1) is 18.3 Å². The van der Waals surface area contributed by atoms with Crippen molar-refractivity contribution in [3.05, 3.63) is 288 Å². The number of nitrogens with zero attached hydrogens (tertiary/aromatic N) is 4. The Morgan fingerprint density at radius 2 is 0.724 bits per heavy atom. The van der Waals surface area contributed by atoms with Crippen molar-refractivity contribution < 1.29 is 4.79 Å². The number of ketones is 1. The standard InChI is InChI=1S/C53H42N4O/c58-51(50-38-57(40-55-50)53(45-30-16-5-17-31-45,46-32-18-6-19-33-46)47-34-20-7-21-35-47)36-48(41-22-8-1-9-23-41)49-37-56(39-54-49)52(42-24-10-2-11-25-42,43-26-12-3-13-27-43)44-28-14-4-15-29-44/h1-35,37-40,48H,36H2. The Kier molecular flexibility index (Phi) is 10.0. The highest BCUT2D eigenvalue weighted by Crippen LogP contribution is 2.43. The summed E-state index contributed by atoms with van der Waals surface area (Å²) in [5.74, 6) is -0.395. The fourth-order valence-corrected chi connectivity index (χ4v) is 8.69. The first-order chi connectivity index (χ1) is 28.7. The highest BCUT2D eigenvalue weighted by molar-refractivity contribution is 5.95. The van der Waals surface area contributed by atoms with Crippen LogP contribution in [-0.2, 0) is 11.1 Å². The Balaban J connectivity index is 1.15. The van der Waals surface area contributed by atoms with Crippen LogP contribution in [0, 0.1) is 0 Å². The van der Waals surface area contributed by atoms with Gasteiger partial charge in [0.15, 0.2) is 5.78 Å². The van der Waals surface area contributed by atoms with Crippen LogP contribution >= 0.6 is 0 Å². The molecule has 2 heterocycles. The fourth-order valence-electron chi connectivity index (χ4n) is 8.69. The predicted octanol–water partition coefficient (Wildman–Crippen LogP) is 11.2. The van der Waals surface area contributed by atoms with Crippen LogP contribution in [0.25, 0.3) is 0 Å². The molecular weight excluding hydrogens is 709 g/mol. The Labute approximate surface area is 339 Å². The van der Waals surface area contributed by atoms with Gasteiger partial charge in [-0.25, -0.2) is 9.97 Å². The molecule has 2 aromatic heterocycles. The lowest BCUT2D eigenvalue weighted by molar-refractivity contribution is 0.0972. The van der Waals surface area contributed by atoms with Crippen LogP contribution in [0.4, 0.5) is 0 Å². The third-order valence-electron chi connectivity index (χ3n) is 11.3. The van der Waals surface area contributed by atoms with Crippen molar-refractivity contribution in [2.45, 2.75) is 23.4 Å². The van der Waals surface area contributed by atoms with E-state index in [1.807, 2.05) is 67.1 Å². The van der Waals surface area contributed by atoms with Gasteiger partial charge in [-0.2, -0.15) is 0 Å². The molecule has 0 bridgehead atoms. The SMILES string of the molecule is O=C(CC(c1ccccc1)c1cn(C(c2ccccc2)(c2ccccc2)c2ccccc2)cn1)c1cn(C(c2ccccc2)(c2ccccc2)c2ccccc2)cn1. The molecule has 0 amide bonds. The van der Waals surface area contributed by atoms with Gasteiger partial charge in [0.2, 0.25) is 0 Å². The first-order valence-electron chi connectivity index (χ1n) is 19.7. The van der Waals surface area contributed by atoms with Gasteiger partial charge in [0.25, 0.3) is 0 Å². The topological polar surface area (TPSA) is 52.7 Å². The minimum atomic E-state index is -0.775. The number of aromatic nitrogens is 4. The quantitative estimate of drug-likeness (QED) is 0.0871. The van der Waals surface area contributed by atoms with E-state index in [9.17, 15) is 4.79 Å². The third-order valence-corrected chi connectivity index (χ3v) is 11.3. The zero-order valence-corrected chi connectivity index (χ0v) is 32.0. The predicted molar refractivity (Wildman–Crippen MR) is 231 cm³/mol. The molecule has 1 unspecified atom stereocenters. The second-order valence-electron chi connectivity index (χ2n) is 14.6. The summed E-state index contributed by atoms with van der Waals surface area (Å²) in [5, 5.41) is 0. The van der Waals surface area contributed by atoms with Crippen LogP contribution in [0.1, 0.15) is 67.5 Å². The number of benzene rings is 7. The molecule has 5 heteroatoms. The Hall–Kier alpha value is -7.37. The summed E-state index contributed by atoms with van der Waals surface area (Å²) in [7, 11) is 0. The molecule has 0 radical (unpaired) electrons. The summed E-state index contributed by atoms with van der Waals surface area (Å²) in [4.78, 5) is 24.7. The molecule has 0 saturated carbocycles. The van der Waals surface area contributed by atoms with Crippen LogP contribution in [0.15, 0.2) is 237 Å². The second kappa shape index (κ2) is 16.0. The molecule has 7 aromatic carbocycles. The molecule has 9 rings (SSSR count). The molecule has 1 atom stereocenters. The molecule has 9 aromatic rings. The molecule has 5 nitrogen and oxygen atoms in total. The number of carbonyl (C=O) groups is 1. The summed E-state index contributed by atoms with van der Waals surface area (Å²) in [5.41, 5.74) is 7.22. The van der Waals surface area contributed by atoms with Gasteiger partial charge in [-0.1, -0.05) is 212 Å². The van der Waals surface area contributed by atoms with Crippen molar-refractivity contribution in [2.24, 2.45) is 0 Å². The summed E-state index contributed by atoms with van der Waals surface area (Å²) < 4.78 is 4.31. The van der Waals surface area contributed by atoms with Crippen LogP contribution in [0.5, 0.6) is 0 Å². The van der Waals surface area contributed by atoms with E-state index in [2.05, 4.69) is 173 Å². The number of imidazole rings is 2. The van der Waals surface area contributed by atoms with Crippen LogP contribution in [-0.4, -0.2) is 24.9 Å². The largest absolute Gasteiger partial charge is 0.319 e. The summed E-state index contributed by atoms with van der Waals surface area (Å²) in [6, 6.07) is 73.2. The zero-order chi connectivity index (χ0) is 39.2. The van der Waals surface area contributed by atoms with Gasteiger partial charge in [-0.3, -0.25) is 4.79 Å². The number of carbonyl (C=O) groups excluding carboxylic acids is 1. The maximum atomic E-state index is 14.7. The van der Waals surface area contributed by atoms with Crippen LogP contribution in [0.3, 0.4) is 0 Å². The maximum absolute atomic E-state index is 14.7. The molecule has 280 valence electrons. The molecule has 0 fully saturated rings. The minimum Gasteiger partial charge on any atom is -0.319 e. The molecule has 0 spiro atoms. The monoisotopic (exact) mass is 750 g/mol. The molecule has 0 N–H and O–H groups in total. The highest BCUT2D eigenvalue weighted by Gasteiger charge is 2.40. The number of Topliss-reactive ketones (excluding diaryl/α,β-unsaturated/α-hetero) is 1. The lowest BCUT2D eigenvalue weighted by atomic mass is 9.76. The van der Waals surface area contributed by atoms with E-state index in [0.717, 1.165) is 44.6 Å². The van der Waals surface area contributed by atoms with E-state index < -0.39 is 11.1 Å². The average Bonchev–Trinajstić information content (AvgIpc) is 4.01. The van der Waals surface area contributed by atoms with E-state index in [4.69, 9.17) is 9.97 Å². The molecule has 58 heavy (non-hydrogen) atoms. The smallest absolute Gasteiger partial charge is 0.183 e. The molecule has 0 aliphatic carbocycles. The normalized spacial score (nSPS) is 12.2. The van der Waals surface area contributed by atoms with Crippen molar-refractivity contribution in [1.82, 2.24) is 19.1 Å². The van der Waals surface area contributed by atoms with E-state index in [0.29, 0.717) is 5.69 Å². The molecular formula is C53H42N4O. The van der Waals surface area contributed by atoms with Gasteiger partial charge in [0.1, 0.15) is 16.8 Å². The minimum absolute atomic E-state index is 0.0642. The van der Waals surface area contributed by atoms with Crippen molar-refractivity contribution >= 4 is 5.78 Å². The third kappa shape index (κ3) is 6.47. The number of rotatable bonds is 13. The van der Waals surface area contributed by atoms with Crippen molar-refractivity contribution in [2.75, 3.05) is 0 Å².